The van der Waals surface area contributed by atoms with Crippen LogP contribution in [-0.2, 0) is 4.74 Å². The zero-order valence-corrected chi connectivity index (χ0v) is 9.38. The van der Waals surface area contributed by atoms with E-state index in [-0.39, 0.29) is 5.91 Å². The topological polar surface area (TPSA) is 29.5 Å². The molecule has 3 nitrogen and oxygen atoms in total. The largest absolute Gasteiger partial charge is 0.359 e. The van der Waals surface area contributed by atoms with Gasteiger partial charge in [0.2, 0.25) is 0 Å². The van der Waals surface area contributed by atoms with Crippen molar-refractivity contribution < 1.29 is 9.53 Å². The average Bonchev–Trinajstić information content (AvgIpc) is 2.74. The first-order valence-corrected chi connectivity index (χ1v) is 5.26. The van der Waals surface area contributed by atoms with E-state index in [4.69, 9.17) is 27.9 Å². The van der Waals surface area contributed by atoms with Gasteiger partial charge in [0.05, 0.1) is 16.7 Å². The van der Waals surface area contributed by atoms with Gasteiger partial charge in [0.15, 0.2) is 0 Å². The third-order valence-corrected chi connectivity index (χ3v) is 2.95. The maximum absolute atomic E-state index is 11.9. The Bertz CT molecular complexity index is 389. The first-order valence-electron chi connectivity index (χ1n) is 4.50. The average molecular weight is 246 g/mol. The van der Waals surface area contributed by atoms with Crippen molar-refractivity contribution in [2.24, 2.45) is 0 Å². The molecule has 1 aromatic carbocycles. The van der Waals surface area contributed by atoms with Crippen molar-refractivity contribution in [2.45, 2.75) is 0 Å². The van der Waals surface area contributed by atoms with Crippen molar-refractivity contribution in [3.05, 3.63) is 33.8 Å². The molecule has 0 atom stereocenters. The number of halogens is 2. The minimum atomic E-state index is -0.0777. The Labute approximate surface area is 97.5 Å². The molecule has 15 heavy (non-hydrogen) atoms. The van der Waals surface area contributed by atoms with E-state index >= 15 is 0 Å². The molecule has 1 fully saturated rings. The van der Waals surface area contributed by atoms with Crippen LogP contribution in [0.2, 0.25) is 10.0 Å². The van der Waals surface area contributed by atoms with Gasteiger partial charge in [-0.15, -0.1) is 0 Å². The van der Waals surface area contributed by atoms with Gasteiger partial charge in [-0.05, 0) is 18.2 Å². The van der Waals surface area contributed by atoms with Crippen LogP contribution in [0.25, 0.3) is 0 Å². The van der Waals surface area contributed by atoms with Crippen LogP contribution in [0.1, 0.15) is 10.4 Å². The zero-order chi connectivity index (χ0) is 10.8. The van der Waals surface area contributed by atoms with Crippen molar-refractivity contribution in [2.75, 3.05) is 19.9 Å². The van der Waals surface area contributed by atoms with E-state index in [1.54, 1.807) is 23.1 Å². The fourth-order valence-electron chi connectivity index (χ4n) is 1.39. The predicted molar refractivity (Wildman–Crippen MR) is 58.3 cm³/mol. The maximum atomic E-state index is 11.9. The molecule has 0 unspecified atom stereocenters. The second-order valence-corrected chi connectivity index (χ2v) is 4.05. The summed E-state index contributed by atoms with van der Waals surface area (Å²) in [5.41, 5.74) is 0.537. The van der Waals surface area contributed by atoms with Gasteiger partial charge in [-0.1, -0.05) is 23.2 Å². The summed E-state index contributed by atoms with van der Waals surface area (Å²) in [7, 11) is 0. The number of carbonyl (C=O) groups excluding carboxylic acids is 1. The standard InChI is InChI=1S/C10H9Cl2NO2/c11-8-2-1-7(5-9(8)12)10(14)13-3-4-15-6-13/h1-2,5H,3-4,6H2. The highest BCUT2D eigenvalue weighted by molar-refractivity contribution is 6.42. The van der Waals surface area contributed by atoms with Gasteiger partial charge in [0.1, 0.15) is 6.73 Å². The molecule has 1 aliphatic rings. The summed E-state index contributed by atoms with van der Waals surface area (Å²) in [5, 5.41) is 0.841. The minimum Gasteiger partial charge on any atom is -0.359 e. The molecule has 1 amide bonds. The van der Waals surface area contributed by atoms with E-state index in [0.717, 1.165) is 0 Å². The highest BCUT2D eigenvalue weighted by Gasteiger charge is 2.20. The first kappa shape index (κ1) is 10.7. The molecule has 2 rings (SSSR count). The van der Waals surface area contributed by atoms with Crippen LogP contribution in [0.4, 0.5) is 0 Å². The number of benzene rings is 1. The lowest BCUT2D eigenvalue weighted by Crippen LogP contribution is -2.28. The van der Waals surface area contributed by atoms with Crippen LogP contribution in [0.5, 0.6) is 0 Å². The Balaban J connectivity index is 2.21. The van der Waals surface area contributed by atoms with Gasteiger partial charge in [-0.25, -0.2) is 0 Å². The summed E-state index contributed by atoms with van der Waals surface area (Å²) >= 11 is 11.6. The first-order chi connectivity index (χ1) is 7.18. The molecule has 0 aromatic heterocycles. The lowest BCUT2D eigenvalue weighted by Gasteiger charge is -2.13. The maximum Gasteiger partial charge on any atom is 0.255 e. The summed E-state index contributed by atoms with van der Waals surface area (Å²) in [6.07, 6.45) is 0. The van der Waals surface area contributed by atoms with E-state index < -0.39 is 0 Å². The van der Waals surface area contributed by atoms with Crippen molar-refractivity contribution in [3.63, 3.8) is 0 Å². The van der Waals surface area contributed by atoms with E-state index in [9.17, 15) is 4.79 Å². The molecular weight excluding hydrogens is 237 g/mol. The highest BCUT2D eigenvalue weighted by atomic mass is 35.5. The van der Waals surface area contributed by atoms with Crippen LogP contribution < -0.4 is 0 Å². The summed E-state index contributed by atoms with van der Waals surface area (Å²) in [6.45, 7) is 1.56. The zero-order valence-electron chi connectivity index (χ0n) is 7.87. The molecule has 1 saturated heterocycles. The molecule has 80 valence electrons. The van der Waals surface area contributed by atoms with Crippen molar-refractivity contribution in [3.8, 4) is 0 Å². The molecule has 1 aliphatic heterocycles. The fraction of sp³-hybridized carbons (Fsp3) is 0.300. The lowest BCUT2D eigenvalue weighted by molar-refractivity contribution is 0.0695. The van der Waals surface area contributed by atoms with E-state index in [1.165, 1.54) is 0 Å². The molecule has 5 heteroatoms. The molecule has 0 bridgehead atoms. The lowest BCUT2D eigenvalue weighted by atomic mass is 10.2. The Morgan fingerprint density at radius 3 is 2.73 bits per heavy atom. The summed E-state index contributed by atoms with van der Waals surface area (Å²) < 4.78 is 5.10. The van der Waals surface area contributed by atoms with Gasteiger partial charge in [0, 0.05) is 12.1 Å². The van der Waals surface area contributed by atoms with E-state index in [0.29, 0.717) is 35.5 Å². The Morgan fingerprint density at radius 1 is 1.33 bits per heavy atom. The second-order valence-electron chi connectivity index (χ2n) is 3.23. The van der Waals surface area contributed by atoms with Crippen molar-refractivity contribution in [1.82, 2.24) is 4.90 Å². The van der Waals surface area contributed by atoms with Gasteiger partial charge >= 0.3 is 0 Å². The van der Waals surface area contributed by atoms with Crippen LogP contribution in [0.3, 0.4) is 0 Å². The molecule has 0 aliphatic carbocycles. The number of ether oxygens (including phenoxy) is 1. The van der Waals surface area contributed by atoms with Crippen LogP contribution in [0, 0.1) is 0 Å². The van der Waals surface area contributed by atoms with E-state index in [2.05, 4.69) is 0 Å². The number of amides is 1. The van der Waals surface area contributed by atoms with Gasteiger partial charge in [-0.2, -0.15) is 0 Å². The normalized spacial score (nSPS) is 15.7. The molecule has 0 N–H and O–H groups in total. The SMILES string of the molecule is O=C(c1ccc(Cl)c(Cl)c1)N1CCOC1. The fourth-order valence-corrected chi connectivity index (χ4v) is 1.68. The van der Waals surface area contributed by atoms with Crippen molar-refractivity contribution >= 4 is 29.1 Å². The molecular formula is C10H9Cl2NO2. The van der Waals surface area contributed by atoms with Crippen LogP contribution in [0.15, 0.2) is 18.2 Å². The smallest absolute Gasteiger partial charge is 0.255 e. The molecule has 1 heterocycles. The summed E-state index contributed by atoms with van der Waals surface area (Å²) in [4.78, 5) is 13.5. The monoisotopic (exact) mass is 245 g/mol. The number of nitrogens with zero attached hydrogens (tertiary/aromatic N) is 1. The van der Waals surface area contributed by atoms with Gasteiger partial charge < -0.3 is 9.64 Å². The number of carbonyl (C=O) groups is 1. The predicted octanol–water partition coefficient (Wildman–Crippen LogP) is 2.42. The Kier molecular flexibility index (Phi) is 3.14. The summed E-state index contributed by atoms with van der Waals surface area (Å²) in [6, 6.07) is 4.85. The Hall–Kier alpha value is -0.770. The Morgan fingerprint density at radius 2 is 2.13 bits per heavy atom. The van der Waals surface area contributed by atoms with Gasteiger partial charge in [0.25, 0.3) is 5.91 Å². The van der Waals surface area contributed by atoms with Gasteiger partial charge in [-0.3, -0.25) is 4.79 Å². The van der Waals surface area contributed by atoms with Crippen LogP contribution >= 0.6 is 23.2 Å². The molecule has 0 radical (unpaired) electrons. The summed E-state index contributed by atoms with van der Waals surface area (Å²) in [5.74, 6) is -0.0777. The minimum absolute atomic E-state index is 0.0777. The quantitative estimate of drug-likeness (QED) is 0.761. The molecule has 0 saturated carbocycles. The third kappa shape index (κ3) is 2.25. The molecule has 1 aromatic rings. The number of hydrogen-bond donors (Lipinski definition) is 0. The van der Waals surface area contributed by atoms with Crippen LogP contribution in [-0.4, -0.2) is 30.7 Å². The van der Waals surface area contributed by atoms with Crippen molar-refractivity contribution in [1.29, 1.82) is 0 Å². The number of rotatable bonds is 1. The second kappa shape index (κ2) is 4.39. The third-order valence-electron chi connectivity index (χ3n) is 2.21. The highest BCUT2D eigenvalue weighted by Crippen LogP contribution is 2.23. The molecule has 0 spiro atoms. The van der Waals surface area contributed by atoms with E-state index in [1.807, 2.05) is 0 Å². The number of hydrogen-bond acceptors (Lipinski definition) is 2.